The number of thioether (sulfide) groups is 1. The Labute approximate surface area is 197 Å². The van der Waals surface area contributed by atoms with Crippen LogP contribution in [0.2, 0.25) is 0 Å². The van der Waals surface area contributed by atoms with Gasteiger partial charge in [-0.15, -0.1) is 0 Å². The lowest BCUT2D eigenvalue weighted by Gasteiger charge is -2.37. The molecule has 172 valence electrons. The molecular formula is C24H26FN5O2S. The average molecular weight is 468 g/mol. The van der Waals surface area contributed by atoms with Crippen molar-refractivity contribution in [1.82, 2.24) is 9.97 Å². The van der Waals surface area contributed by atoms with Crippen molar-refractivity contribution in [2.75, 3.05) is 54.2 Å². The minimum Gasteiger partial charge on any atom is -0.495 e. The molecule has 1 aromatic heterocycles. The SMILES string of the molecule is COc1ccccc1N1CCN(c2cc(SCC(=O)Nc3ccc(F)cc3C)ncn2)CC1. The van der Waals surface area contributed by atoms with Gasteiger partial charge in [0.25, 0.3) is 0 Å². The van der Waals surface area contributed by atoms with Gasteiger partial charge in [0, 0.05) is 37.9 Å². The molecule has 4 rings (SSSR count). The van der Waals surface area contributed by atoms with E-state index in [0.29, 0.717) is 11.3 Å². The van der Waals surface area contributed by atoms with E-state index in [-0.39, 0.29) is 17.5 Å². The second-order valence-electron chi connectivity index (χ2n) is 7.66. The van der Waals surface area contributed by atoms with Crippen molar-refractivity contribution >= 4 is 34.9 Å². The minimum atomic E-state index is -0.322. The zero-order chi connectivity index (χ0) is 23.2. The molecule has 1 aliphatic rings. The number of methoxy groups -OCH3 is 1. The molecule has 9 heteroatoms. The summed E-state index contributed by atoms with van der Waals surface area (Å²) in [5.41, 5.74) is 2.39. The van der Waals surface area contributed by atoms with Gasteiger partial charge < -0.3 is 19.9 Å². The van der Waals surface area contributed by atoms with Crippen LogP contribution < -0.4 is 19.9 Å². The van der Waals surface area contributed by atoms with Crippen molar-refractivity contribution in [2.24, 2.45) is 0 Å². The van der Waals surface area contributed by atoms with E-state index in [1.54, 1.807) is 20.1 Å². The van der Waals surface area contributed by atoms with Crippen molar-refractivity contribution in [3.63, 3.8) is 0 Å². The van der Waals surface area contributed by atoms with Crippen LogP contribution in [0.3, 0.4) is 0 Å². The lowest BCUT2D eigenvalue weighted by molar-refractivity contribution is -0.113. The van der Waals surface area contributed by atoms with Crippen molar-refractivity contribution in [1.29, 1.82) is 0 Å². The molecule has 0 unspecified atom stereocenters. The van der Waals surface area contributed by atoms with E-state index in [1.807, 2.05) is 24.3 Å². The number of ether oxygens (including phenoxy) is 1. The molecule has 1 amide bonds. The number of aromatic nitrogens is 2. The van der Waals surface area contributed by atoms with Gasteiger partial charge in [-0.1, -0.05) is 23.9 Å². The molecule has 2 aromatic carbocycles. The van der Waals surface area contributed by atoms with E-state index in [9.17, 15) is 9.18 Å². The number of nitrogens with zero attached hydrogens (tertiary/aromatic N) is 4. The number of nitrogens with one attached hydrogen (secondary N) is 1. The third kappa shape index (κ3) is 5.73. The number of carbonyl (C=O) groups is 1. The predicted octanol–water partition coefficient (Wildman–Crippen LogP) is 3.99. The number of carbonyl (C=O) groups excluding carboxylic acids is 1. The van der Waals surface area contributed by atoms with Crippen molar-refractivity contribution < 1.29 is 13.9 Å². The molecule has 3 aromatic rings. The van der Waals surface area contributed by atoms with Gasteiger partial charge in [-0.25, -0.2) is 14.4 Å². The fourth-order valence-electron chi connectivity index (χ4n) is 3.74. The Hall–Kier alpha value is -3.33. The molecule has 0 aliphatic carbocycles. The minimum absolute atomic E-state index is 0.166. The van der Waals surface area contributed by atoms with Crippen LogP contribution in [-0.4, -0.2) is 54.9 Å². The molecule has 0 spiro atoms. The van der Waals surface area contributed by atoms with Gasteiger partial charge in [0.05, 0.1) is 18.6 Å². The quantitative estimate of drug-likeness (QED) is 0.416. The standard InChI is InChI=1S/C24H26FN5O2S/c1-17-13-18(25)7-8-19(17)28-23(31)15-33-24-14-22(26-16-27-24)30-11-9-29(10-12-30)20-5-3-4-6-21(20)32-2/h3-8,13-14,16H,9-12,15H2,1-2H3,(H,28,31). The van der Waals surface area contributed by atoms with Crippen LogP contribution in [-0.2, 0) is 4.79 Å². The molecule has 1 aliphatic heterocycles. The molecule has 1 N–H and O–H groups in total. The lowest BCUT2D eigenvalue weighted by atomic mass is 10.2. The summed E-state index contributed by atoms with van der Waals surface area (Å²) in [5.74, 6) is 1.44. The number of hydrogen-bond acceptors (Lipinski definition) is 7. The summed E-state index contributed by atoms with van der Waals surface area (Å²) in [6.45, 7) is 5.11. The molecule has 0 bridgehead atoms. The number of piperazine rings is 1. The average Bonchev–Trinajstić information content (AvgIpc) is 2.85. The fraction of sp³-hybridized carbons (Fsp3) is 0.292. The Morgan fingerprint density at radius 1 is 1.09 bits per heavy atom. The maximum Gasteiger partial charge on any atom is 0.234 e. The third-order valence-electron chi connectivity index (χ3n) is 5.47. The number of hydrogen-bond donors (Lipinski definition) is 1. The first kappa shape index (κ1) is 22.8. The topological polar surface area (TPSA) is 70.6 Å². The molecule has 7 nitrogen and oxygen atoms in total. The monoisotopic (exact) mass is 467 g/mol. The molecule has 1 fully saturated rings. The van der Waals surface area contributed by atoms with Crippen molar-refractivity contribution in [2.45, 2.75) is 11.9 Å². The maximum atomic E-state index is 13.2. The van der Waals surface area contributed by atoms with Gasteiger partial charge in [0.2, 0.25) is 5.91 Å². The Balaban J connectivity index is 1.32. The normalized spacial score (nSPS) is 13.7. The Kier molecular flexibility index (Phi) is 7.29. The van der Waals surface area contributed by atoms with Crippen LogP contribution in [0.1, 0.15) is 5.56 Å². The van der Waals surface area contributed by atoms with E-state index in [4.69, 9.17) is 4.74 Å². The highest BCUT2D eigenvalue weighted by Gasteiger charge is 2.21. The van der Waals surface area contributed by atoms with Crippen molar-refractivity contribution in [3.05, 3.63) is 66.2 Å². The predicted molar refractivity (Wildman–Crippen MR) is 130 cm³/mol. The second-order valence-corrected chi connectivity index (χ2v) is 8.65. The molecule has 1 saturated heterocycles. The summed E-state index contributed by atoms with van der Waals surface area (Å²) in [7, 11) is 1.69. The Morgan fingerprint density at radius 3 is 2.61 bits per heavy atom. The molecule has 0 radical (unpaired) electrons. The number of aryl methyl sites for hydroxylation is 1. The first-order valence-electron chi connectivity index (χ1n) is 10.7. The summed E-state index contributed by atoms with van der Waals surface area (Å²) in [6.07, 6.45) is 1.53. The Morgan fingerprint density at radius 2 is 1.85 bits per heavy atom. The van der Waals surface area contributed by atoms with Crippen LogP contribution in [0.25, 0.3) is 0 Å². The summed E-state index contributed by atoms with van der Waals surface area (Å²) < 4.78 is 18.7. The zero-order valence-corrected chi connectivity index (χ0v) is 19.4. The van der Waals surface area contributed by atoms with Crippen molar-refractivity contribution in [3.8, 4) is 5.75 Å². The molecular weight excluding hydrogens is 441 g/mol. The van der Waals surface area contributed by atoms with E-state index < -0.39 is 0 Å². The van der Waals surface area contributed by atoms with Gasteiger partial charge in [-0.05, 0) is 42.8 Å². The molecule has 0 saturated carbocycles. The van der Waals surface area contributed by atoms with Gasteiger partial charge in [0.1, 0.15) is 28.7 Å². The highest BCUT2D eigenvalue weighted by atomic mass is 32.2. The number of benzene rings is 2. The summed E-state index contributed by atoms with van der Waals surface area (Å²) in [6, 6.07) is 14.3. The zero-order valence-electron chi connectivity index (χ0n) is 18.6. The maximum absolute atomic E-state index is 13.2. The number of rotatable bonds is 7. The third-order valence-corrected chi connectivity index (χ3v) is 6.40. The summed E-state index contributed by atoms with van der Waals surface area (Å²) >= 11 is 1.35. The largest absolute Gasteiger partial charge is 0.495 e. The van der Waals surface area contributed by atoms with Crippen LogP contribution >= 0.6 is 11.8 Å². The highest BCUT2D eigenvalue weighted by Crippen LogP contribution is 2.29. The Bertz CT molecular complexity index is 1120. The van der Waals surface area contributed by atoms with Crippen LogP contribution in [0.4, 0.5) is 21.6 Å². The smallest absolute Gasteiger partial charge is 0.234 e. The summed E-state index contributed by atoms with van der Waals surface area (Å²) in [4.78, 5) is 25.6. The molecule has 0 atom stereocenters. The lowest BCUT2D eigenvalue weighted by Crippen LogP contribution is -2.47. The van der Waals surface area contributed by atoms with Gasteiger partial charge in [-0.2, -0.15) is 0 Å². The van der Waals surface area contributed by atoms with Crippen LogP contribution in [0.15, 0.2) is 59.9 Å². The van der Waals surface area contributed by atoms with E-state index >= 15 is 0 Å². The van der Waals surface area contributed by atoms with E-state index in [0.717, 1.165) is 48.5 Å². The second kappa shape index (κ2) is 10.5. The van der Waals surface area contributed by atoms with Gasteiger partial charge in [0.15, 0.2) is 0 Å². The molecule has 2 heterocycles. The van der Waals surface area contributed by atoms with Gasteiger partial charge in [-0.3, -0.25) is 4.79 Å². The highest BCUT2D eigenvalue weighted by molar-refractivity contribution is 7.99. The van der Waals surface area contributed by atoms with Crippen LogP contribution in [0, 0.1) is 12.7 Å². The van der Waals surface area contributed by atoms with E-state index in [1.165, 1.54) is 30.2 Å². The first-order chi connectivity index (χ1) is 16.0. The van der Waals surface area contributed by atoms with Gasteiger partial charge >= 0.3 is 0 Å². The first-order valence-corrected chi connectivity index (χ1v) is 11.7. The molecule has 33 heavy (non-hydrogen) atoms. The number of halogens is 1. The fourth-order valence-corrected chi connectivity index (χ4v) is 4.40. The summed E-state index contributed by atoms with van der Waals surface area (Å²) in [5, 5.41) is 3.55. The number of amides is 1. The van der Waals surface area contributed by atoms with E-state index in [2.05, 4.69) is 31.2 Å². The number of para-hydroxylation sites is 2. The number of anilines is 3. The van der Waals surface area contributed by atoms with Crippen LogP contribution in [0.5, 0.6) is 5.75 Å².